The zero-order valence-corrected chi connectivity index (χ0v) is 11.6. The van der Waals surface area contributed by atoms with E-state index in [9.17, 15) is 4.39 Å². The van der Waals surface area contributed by atoms with Crippen molar-refractivity contribution >= 4 is 0 Å². The van der Waals surface area contributed by atoms with Crippen LogP contribution >= 0.6 is 0 Å². The quantitative estimate of drug-likeness (QED) is 0.806. The van der Waals surface area contributed by atoms with Crippen LogP contribution in [-0.4, -0.2) is 12.6 Å². The molecule has 102 valence electrons. The van der Waals surface area contributed by atoms with Crippen molar-refractivity contribution in [2.45, 2.75) is 46.1 Å². The minimum atomic E-state index is -0.257. The highest BCUT2D eigenvalue weighted by Crippen LogP contribution is 2.19. The van der Waals surface area contributed by atoms with Crippen molar-refractivity contribution in [2.24, 2.45) is 11.7 Å². The smallest absolute Gasteiger partial charge is 0.127 e. The third-order valence-corrected chi connectivity index (χ3v) is 3.13. The molecule has 0 saturated carbocycles. The van der Waals surface area contributed by atoms with Gasteiger partial charge >= 0.3 is 0 Å². The van der Waals surface area contributed by atoms with Gasteiger partial charge in [0.25, 0.3) is 0 Å². The summed E-state index contributed by atoms with van der Waals surface area (Å²) in [5, 5.41) is 0. The Bertz CT molecular complexity index is 362. The molecule has 0 spiro atoms. The molecule has 1 atom stereocenters. The van der Waals surface area contributed by atoms with Gasteiger partial charge in [-0.1, -0.05) is 26.7 Å². The average molecular weight is 253 g/mol. The minimum Gasteiger partial charge on any atom is -0.493 e. The highest BCUT2D eigenvalue weighted by molar-refractivity contribution is 5.30. The predicted octanol–water partition coefficient (Wildman–Crippen LogP) is 3.53. The number of halogens is 1. The molecule has 0 aliphatic carbocycles. The molecule has 0 bridgehead atoms. The van der Waals surface area contributed by atoms with Crippen molar-refractivity contribution in [1.82, 2.24) is 0 Å². The van der Waals surface area contributed by atoms with Crippen LogP contribution in [0.5, 0.6) is 5.75 Å². The molecule has 0 saturated heterocycles. The second kappa shape index (κ2) is 7.37. The maximum Gasteiger partial charge on any atom is 0.127 e. The largest absolute Gasteiger partial charge is 0.493 e. The van der Waals surface area contributed by atoms with Crippen LogP contribution in [0.15, 0.2) is 18.2 Å². The van der Waals surface area contributed by atoms with Gasteiger partial charge in [0.1, 0.15) is 11.6 Å². The standard InChI is InChI=1S/C15H24FNO/c1-4-12(5-2)10-18-15-8-13(6-11(3)17)7-14(16)9-15/h7-9,11-12H,4-6,10,17H2,1-3H3. The number of nitrogens with two attached hydrogens (primary N) is 1. The molecule has 0 aliphatic heterocycles. The Kier molecular flexibility index (Phi) is 6.13. The maximum atomic E-state index is 13.4. The van der Waals surface area contributed by atoms with E-state index in [2.05, 4.69) is 13.8 Å². The lowest BCUT2D eigenvalue weighted by Crippen LogP contribution is -2.18. The van der Waals surface area contributed by atoms with Crippen molar-refractivity contribution in [3.8, 4) is 5.75 Å². The lowest BCUT2D eigenvalue weighted by atomic mass is 10.1. The Morgan fingerprint density at radius 2 is 1.89 bits per heavy atom. The van der Waals surface area contributed by atoms with E-state index >= 15 is 0 Å². The second-order valence-corrected chi connectivity index (χ2v) is 4.97. The monoisotopic (exact) mass is 253 g/mol. The van der Waals surface area contributed by atoms with Gasteiger partial charge in [-0.05, 0) is 37.0 Å². The zero-order chi connectivity index (χ0) is 13.5. The first-order valence-corrected chi connectivity index (χ1v) is 6.73. The summed E-state index contributed by atoms with van der Waals surface area (Å²) in [6.07, 6.45) is 2.83. The molecule has 0 aromatic heterocycles. The van der Waals surface area contributed by atoms with Crippen LogP contribution in [0.3, 0.4) is 0 Å². The number of benzene rings is 1. The van der Waals surface area contributed by atoms with E-state index in [1.54, 1.807) is 0 Å². The molecule has 1 aromatic carbocycles. The van der Waals surface area contributed by atoms with Gasteiger partial charge in [-0.25, -0.2) is 4.39 Å². The number of hydrogen-bond donors (Lipinski definition) is 1. The van der Waals surface area contributed by atoms with Gasteiger partial charge in [0.2, 0.25) is 0 Å². The molecule has 1 unspecified atom stereocenters. The van der Waals surface area contributed by atoms with Crippen LogP contribution in [0.25, 0.3) is 0 Å². The van der Waals surface area contributed by atoms with Crippen LogP contribution in [0, 0.1) is 11.7 Å². The van der Waals surface area contributed by atoms with Gasteiger partial charge < -0.3 is 10.5 Å². The molecule has 3 heteroatoms. The second-order valence-electron chi connectivity index (χ2n) is 4.97. The van der Waals surface area contributed by atoms with E-state index in [-0.39, 0.29) is 11.9 Å². The van der Waals surface area contributed by atoms with Gasteiger partial charge in [-0.15, -0.1) is 0 Å². The number of rotatable bonds is 7. The fourth-order valence-electron chi connectivity index (χ4n) is 1.93. The number of ether oxygens (including phenoxy) is 1. The van der Waals surface area contributed by atoms with Gasteiger partial charge in [0.05, 0.1) is 6.61 Å². The highest BCUT2D eigenvalue weighted by atomic mass is 19.1. The first kappa shape index (κ1) is 15.0. The first-order chi connectivity index (χ1) is 8.55. The molecule has 0 radical (unpaired) electrons. The lowest BCUT2D eigenvalue weighted by Gasteiger charge is -2.15. The molecule has 0 fully saturated rings. The van der Waals surface area contributed by atoms with Crippen LogP contribution < -0.4 is 10.5 Å². The van der Waals surface area contributed by atoms with Crippen molar-refractivity contribution in [3.05, 3.63) is 29.6 Å². The van der Waals surface area contributed by atoms with Crippen LogP contribution in [0.1, 0.15) is 39.2 Å². The third-order valence-electron chi connectivity index (χ3n) is 3.13. The maximum absolute atomic E-state index is 13.4. The SMILES string of the molecule is CCC(CC)COc1cc(F)cc(CC(C)N)c1. The molecule has 2 nitrogen and oxygen atoms in total. The Morgan fingerprint density at radius 1 is 1.22 bits per heavy atom. The Morgan fingerprint density at radius 3 is 2.44 bits per heavy atom. The summed E-state index contributed by atoms with van der Waals surface area (Å²) >= 11 is 0. The van der Waals surface area contributed by atoms with Gasteiger partial charge in [0, 0.05) is 12.1 Å². The molecule has 0 aliphatic rings. The molecule has 0 amide bonds. The molecule has 2 N–H and O–H groups in total. The fraction of sp³-hybridized carbons (Fsp3) is 0.600. The number of hydrogen-bond acceptors (Lipinski definition) is 2. The normalized spacial score (nSPS) is 12.8. The van der Waals surface area contributed by atoms with E-state index in [0.29, 0.717) is 24.7 Å². The first-order valence-electron chi connectivity index (χ1n) is 6.73. The Hall–Kier alpha value is -1.09. The molecular formula is C15H24FNO. The molecule has 18 heavy (non-hydrogen) atoms. The van der Waals surface area contributed by atoms with Crippen molar-refractivity contribution in [3.63, 3.8) is 0 Å². The average Bonchev–Trinajstić information content (AvgIpc) is 2.28. The Balaban J connectivity index is 2.67. The summed E-state index contributed by atoms with van der Waals surface area (Å²) in [6, 6.07) is 4.87. The van der Waals surface area contributed by atoms with Gasteiger partial charge in [0.15, 0.2) is 0 Å². The van der Waals surface area contributed by atoms with E-state index in [4.69, 9.17) is 10.5 Å². The van der Waals surface area contributed by atoms with E-state index in [1.807, 2.05) is 13.0 Å². The molecular weight excluding hydrogens is 229 g/mol. The summed E-state index contributed by atoms with van der Waals surface area (Å²) in [4.78, 5) is 0. The van der Waals surface area contributed by atoms with Crippen LogP contribution in [0.2, 0.25) is 0 Å². The van der Waals surface area contributed by atoms with Crippen LogP contribution in [-0.2, 0) is 6.42 Å². The van der Waals surface area contributed by atoms with Crippen molar-refractivity contribution in [1.29, 1.82) is 0 Å². The van der Waals surface area contributed by atoms with Crippen molar-refractivity contribution in [2.75, 3.05) is 6.61 Å². The zero-order valence-electron chi connectivity index (χ0n) is 11.6. The topological polar surface area (TPSA) is 35.2 Å². The van der Waals surface area contributed by atoms with E-state index < -0.39 is 0 Å². The summed E-state index contributed by atoms with van der Waals surface area (Å²) < 4.78 is 19.1. The predicted molar refractivity (Wildman–Crippen MR) is 73.3 cm³/mol. The highest BCUT2D eigenvalue weighted by Gasteiger charge is 2.07. The van der Waals surface area contributed by atoms with Crippen molar-refractivity contribution < 1.29 is 9.13 Å². The summed E-state index contributed by atoms with van der Waals surface area (Å²) in [6.45, 7) is 6.85. The van der Waals surface area contributed by atoms with Gasteiger partial charge in [-0.3, -0.25) is 0 Å². The summed E-state index contributed by atoms with van der Waals surface area (Å²) in [7, 11) is 0. The molecule has 1 aromatic rings. The van der Waals surface area contributed by atoms with E-state index in [1.165, 1.54) is 12.1 Å². The van der Waals surface area contributed by atoms with Gasteiger partial charge in [-0.2, -0.15) is 0 Å². The third kappa shape index (κ3) is 5.05. The molecule has 1 rings (SSSR count). The van der Waals surface area contributed by atoms with Crippen LogP contribution in [0.4, 0.5) is 4.39 Å². The fourth-order valence-corrected chi connectivity index (χ4v) is 1.93. The summed E-state index contributed by atoms with van der Waals surface area (Å²) in [5.41, 5.74) is 6.62. The summed E-state index contributed by atoms with van der Waals surface area (Å²) in [5.74, 6) is 0.885. The lowest BCUT2D eigenvalue weighted by molar-refractivity contribution is 0.239. The van der Waals surface area contributed by atoms with E-state index in [0.717, 1.165) is 18.4 Å². The minimum absolute atomic E-state index is 0.0266. The Labute approximate surface area is 109 Å². The molecule has 0 heterocycles.